The van der Waals surface area contributed by atoms with Gasteiger partial charge in [0.25, 0.3) is 0 Å². The van der Waals surface area contributed by atoms with E-state index in [-0.39, 0.29) is 5.75 Å². The second kappa shape index (κ2) is 5.49. The molecule has 0 spiro atoms. The minimum Gasteiger partial charge on any atom is -0.505 e. The van der Waals surface area contributed by atoms with Gasteiger partial charge in [-0.15, -0.1) is 0 Å². The molecule has 94 valence electrons. The highest BCUT2D eigenvalue weighted by atomic mass is 35.5. The number of benzene rings is 1. The van der Waals surface area contributed by atoms with Crippen LogP contribution in [0, 0.1) is 11.8 Å². The average Bonchev–Trinajstić information content (AvgIpc) is 2.29. The SMILES string of the molecule is CC1CCC(Cc2cc(Cl)c(O)c(Cl)c2)CC1. The first kappa shape index (κ1) is 13.0. The van der Waals surface area contributed by atoms with Crippen LogP contribution in [0.15, 0.2) is 12.1 Å². The molecule has 1 fully saturated rings. The number of phenols is 1. The summed E-state index contributed by atoms with van der Waals surface area (Å²) in [6.45, 7) is 2.32. The Morgan fingerprint density at radius 1 is 1.12 bits per heavy atom. The molecule has 1 aromatic rings. The molecular formula is C14H18Cl2O. The molecule has 17 heavy (non-hydrogen) atoms. The van der Waals surface area contributed by atoms with E-state index in [1.807, 2.05) is 12.1 Å². The third kappa shape index (κ3) is 3.29. The van der Waals surface area contributed by atoms with Gasteiger partial charge in [-0.2, -0.15) is 0 Å². The molecule has 0 unspecified atom stereocenters. The Morgan fingerprint density at radius 2 is 1.65 bits per heavy atom. The third-order valence-electron chi connectivity index (χ3n) is 3.74. The van der Waals surface area contributed by atoms with E-state index in [2.05, 4.69) is 6.92 Å². The molecular weight excluding hydrogens is 255 g/mol. The van der Waals surface area contributed by atoms with Crippen molar-refractivity contribution in [3.63, 3.8) is 0 Å². The van der Waals surface area contributed by atoms with Gasteiger partial charge in [-0.05, 0) is 48.8 Å². The molecule has 0 atom stereocenters. The summed E-state index contributed by atoms with van der Waals surface area (Å²) < 4.78 is 0. The second-order valence-electron chi connectivity index (χ2n) is 5.24. The van der Waals surface area contributed by atoms with Crippen LogP contribution >= 0.6 is 23.2 Å². The second-order valence-corrected chi connectivity index (χ2v) is 6.05. The molecule has 1 saturated carbocycles. The summed E-state index contributed by atoms with van der Waals surface area (Å²) in [7, 11) is 0. The number of phenolic OH excluding ortho intramolecular Hbond substituents is 1. The maximum atomic E-state index is 9.51. The van der Waals surface area contributed by atoms with Crippen LogP contribution in [0.4, 0.5) is 0 Å². The molecule has 1 aromatic carbocycles. The van der Waals surface area contributed by atoms with Crippen molar-refractivity contribution in [2.45, 2.75) is 39.0 Å². The molecule has 0 aromatic heterocycles. The Kier molecular flexibility index (Phi) is 4.22. The third-order valence-corrected chi connectivity index (χ3v) is 4.31. The Bertz CT molecular complexity index is 372. The standard InChI is InChI=1S/C14H18Cl2O/c1-9-2-4-10(5-3-9)6-11-7-12(15)14(17)13(16)8-11/h7-10,17H,2-6H2,1H3. The van der Waals surface area contributed by atoms with E-state index < -0.39 is 0 Å². The highest BCUT2D eigenvalue weighted by Crippen LogP contribution is 2.35. The fraction of sp³-hybridized carbons (Fsp3) is 0.571. The van der Waals surface area contributed by atoms with Gasteiger partial charge >= 0.3 is 0 Å². The lowest BCUT2D eigenvalue weighted by molar-refractivity contribution is 0.289. The first-order valence-corrected chi connectivity index (χ1v) is 6.98. The van der Waals surface area contributed by atoms with Gasteiger partial charge < -0.3 is 5.11 Å². The van der Waals surface area contributed by atoms with Gasteiger partial charge in [0, 0.05) is 0 Å². The molecule has 1 N–H and O–H groups in total. The molecule has 1 nitrogen and oxygen atoms in total. The Labute approximate surface area is 113 Å². The van der Waals surface area contributed by atoms with Crippen molar-refractivity contribution in [2.75, 3.05) is 0 Å². The van der Waals surface area contributed by atoms with Crippen molar-refractivity contribution < 1.29 is 5.11 Å². The molecule has 0 radical (unpaired) electrons. The van der Waals surface area contributed by atoms with E-state index >= 15 is 0 Å². The van der Waals surface area contributed by atoms with Crippen LogP contribution in [-0.4, -0.2) is 5.11 Å². The number of rotatable bonds is 2. The summed E-state index contributed by atoms with van der Waals surface area (Å²) in [5, 5.41) is 10.2. The zero-order valence-electron chi connectivity index (χ0n) is 10.0. The lowest BCUT2D eigenvalue weighted by Gasteiger charge is -2.26. The minimum atomic E-state index is -0.00523. The van der Waals surface area contributed by atoms with Gasteiger partial charge in [-0.1, -0.05) is 43.0 Å². The lowest BCUT2D eigenvalue weighted by atomic mass is 9.80. The fourth-order valence-corrected chi connectivity index (χ4v) is 3.13. The highest BCUT2D eigenvalue weighted by Gasteiger charge is 2.19. The highest BCUT2D eigenvalue weighted by molar-refractivity contribution is 6.37. The van der Waals surface area contributed by atoms with Crippen LogP contribution in [0.3, 0.4) is 0 Å². The molecule has 1 aliphatic rings. The first-order chi connectivity index (χ1) is 8.06. The summed E-state index contributed by atoms with van der Waals surface area (Å²) in [6, 6.07) is 3.67. The molecule has 0 bridgehead atoms. The van der Waals surface area contributed by atoms with E-state index in [4.69, 9.17) is 23.2 Å². The van der Waals surface area contributed by atoms with Crippen LogP contribution < -0.4 is 0 Å². The summed E-state index contributed by atoms with van der Waals surface area (Å²) in [4.78, 5) is 0. The van der Waals surface area contributed by atoms with Crippen molar-refractivity contribution in [3.8, 4) is 5.75 Å². The van der Waals surface area contributed by atoms with Crippen LogP contribution in [0.5, 0.6) is 5.75 Å². The van der Waals surface area contributed by atoms with Crippen LogP contribution in [0.1, 0.15) is 38.2 Å². The van der Waals surface area contributed by atoms with Crippen molar-refractivity contribution in [2.24, 2.45) is 11.8 Å². The summed E-state index contributed by atoms with van der Waals surface area (Å²) in [5.41, 5.74) is 1.14. The van der Waals surface area contributed by atoms with E-state index in [0.717, 1.165) is 23.8 Å². The van der Waals surface area contributed by atoms with E-state index in [0.29, 0.717) is 10.0 Å². The Morgan fingerprint density at radius 3 is 2.18 bits per heavy atom. The molecule has 1 aliphatic carbocycles. The van der Waals surface area contributed by atoms with Gasteiger partial charge in [-0.25, -0.2) is 0 Å². The lowest BCUT2D eigenvalue weighted by Crippen LogP contribution is -2.14. The Balaban J connectivity index is 2.04. The Hall–Kier alpha value is -0.400. The summed E-state index contributed by atoms with van der Waals surface area (Å²) in [5.74, 6) is 1.61. The van der Waals surface area contributed by atoms with Gasteiger partial charge in [0.15, 0.2) is 5.75 Å². The zero-order valence-corrected chi connectivity index (χ0v) is 11.6. The first-order valence-electron chi connectivity index (χ1n) is 6.23. The number of hydrogen-bond acceptors (Lipinski definition) is 1. The zero-order chi connectivity index (χ0) is 12.4. The van der Waals surface area contributed by atoms with E-state index in [9.17, 15) is 5.11 Å². The molecule has 3 heteroatoms. The van der Waals surface area contributed by atoms with Crippen molar-refractivity contribution in [1.29, 1.82) is 0 Å². The van der Waals surface area contributed by atoms with Gasteiger partial charge in [0.2, 0.25) is 0 Å². The van der Waals surface area contributed by atoms with E-state index in [1.54, 1.807) is 0 Å². The van der Waals surface area contributed by atoms with Gasteiger partial charge in [0.1, 0.15) is 0 Å². The maximum absolute atomic E-state index is 9.51. The van der Waals surface area contributed by atoms with Gasteiger partial charge in [0.05, 0.1) is 10.0 Å². The van der Waals surface area contributed by atoms with Crippen LogP contribution in [0.25, 0.3) is 0 Å². The van der Waals surface area contributed by atoms with Gasteiger partial charge in [-0.3, -0.25) is 0 Å². The molecule has 2 rings (SSSR count). The monoisotopic (exact) mass is 272 g/mol. The average molecular weight is 273 g/mol. The summed E-state index contributed by atoms with van der Waals surface area (Å²) in [6.07, 6.45) is 6.25. The quantitative estimate of drug-likeness (QED) is 0.797. The topological polar surface area (TPSA) is 20.2 Å². The summed E-state index contributed by atoms with van der Waals surface area (Å²) >= 11 is 11.9. The van der Waals surface area contributed by atoms with Crippen molar-refractivity contribution in [3.05, 3.63) is 27.7 Å². The predicted molar refractivity (Wildman–Crippen MR) is 73.0 cm³/mol. The molecule has 0 saturated heterocycles. The van der Waals surface area contributed by atoms with E-state index in [1.165, 1.54) is 25.7 Å². The normalized spacial score (nSPS) is 24.9. The smallest absolute Gasteiger partial charge is 0.152 e. The molecule has 0 aliphatic heterocycles. The molecule has 0 amide bonds. The van der Waals surface area contributed by atoms with Crippen molar-refractivity contribution in [1.82, 2.24) is 0 Å². The van der Waals surface area contributed by atoms with Crippen LogP contribution in [0.2, 0.25) is 10.0 Å². The number of hydrogen-bond donors (Lipinski definition) is 1. The largest absolute Gasteiger partial charge is 0.505 e. The number of aromatic hydroxyl groups is 1. The molecule has 0 heterocycles. The minimum absolute atomic E-state index is 0.00523. The fourth-order valence-electron chi connectivity index (χ4n) is 2.60. The van der Waals surface area contributed by atoms with Crippen molar-refractivity contribution >= 4 is 23.2 Å². The van der Waals surface area contributed by atoms with Crippen LogP contribution in [-0.2, 0) is 6.42 Å². The maximum Gasteiger partial charge on any atom is 0.152 e. The predicted octanol–water partition coefficient (Wildman–Crippen LogP) is 5.07. The number of halogens is 2.